The van der Waals surface area contributed by atoms with Gasteiger partial charge in [-0.3, -0.25) is 14.2 Å². The molecule has 7 nitrogen and oxygen atoms in total. The van der Waals surface area contributed by atoms with Gasteiger partial charge in [-0.2, -0.15) is 8.78 Å². The minimum Gasteiger partial charge on any atom is -0.457 e. The summed E-state index contributed by atoms with van der Waals surface area (Å²) in [6, 6.07) is 22.0. The van der Waals surface area contributed by atoms with Crippen LogP contribution < -0.4 is 10.1 Å². The summed E-state index contributed by atoms with van der Waals surface area (Å²) >= 11 is 0. The summed E-state index contributed by atoms with van der Waals surface area (Å²) < 4.78 is 38.3. The molecule has 1 amide bonds. The minimum atomic E-state index is -2.83. The van der Waals surface area contributed by atoms with Crippen LogP contribution in [0, 0.1) is 0 Å². The van der Waals surface area contributed by atoms with Gasteiger partial charge in [-0.15, -0.1) is 0 Å². The van der Waals surface area contributed by atoms with Crippen LogP contribution in [0.5, 0.6) is 11.5 Å². The van der Waals surface area contributed by atoms with Crippen LogP contribution in [0.1, 0.15) is 22.7 Å². The Labute approximate surface area is 187 Å². The highest BCUT2D eigenvalue weighted by Crippen LogP contribution is 2.23. The van der Waals surface area contributed by atoms with Gasteiger partial charge in [-0.05, 0) is 48.5 Å². The Balaban J connectivity index is 1.30. The summed E-state index contributed by atoms with van der Waals surface area (Å²) in [5.74, 6) is -0.130. The van der Waals surface area contributed by atoms with E-state index in [1.807, 2.05) is 30.3 Å². The van der Waals surface area contributed by atoms with Gasteiger partial charge in [0.2, 0.25) is 0 Å². The van der Waals surface area contributed by atoms with Crippen molar-refractivity contribution in [2.24, 2.45) is 0 Å². The standard InChI is InChI=1S/C24H19F2N3O4/c25-24(26)29-20-9-5-4-8-19(20)28-21(29)15-32-22(30)14-27-23(31)16-10-12-18(13-11-16)33-17-6-2-1-3-7-17/h1-13,24H,14-15H2,(H,27,31). The molecule has 1 N–H and O–H groups in total. The number of carbonyl (C=O) groups excluding carboxylic acids is 2. The zero-order valence-electron chi connectivity index (χ0n) is 17.3. The highest BCUT2D eigenvalue weighted by atomic mass is 19.3. The van der Waals surface area contributed by atoms with Gasteiger partial charge < -0.3 is 14.8 Å². The smallest absolute Gasteiger partial charge is 0.325 e. The maximum atomic E-state index is 13.4. The minimum absolute atomic E-state index is 0.0834. The molecular formula is C24H19F2N3O4. The summed E-state index contributed by atoms with van der Waals surface area (Å²) in [5.41, 5.74) is 0.936. The van der Waals surface area contributed by atoms with Crippen LogP contribution in [0.25, 0.3) is 11.0 Å². The first-order valence-electron chi connectivity index (χ1n) is 10.0. The fourth-order valence-corrected chi connectivity index (χ4v) is 3.16. The number of para-hydroxylation sites is 3. The zero-order valence-corrected chi connectivity index (χ0v) is 17.3. The molecule has 0 atom stereocenters. The number of carbonyl (C=O) groups is 2. The van der Waals surface area contributed by atoms with Crippen molar-refractivity contribution >= 4 is 22.9 Å². The molecule has 0 aliphatic heterocycles. The Hall–Kier alpha value is -4.27. The highest BCUT2D eigenvalue weighted by molar-refractivity contribution is 5.96. The van der Waals surface area contributed by atoms with E-state index in [2.05, 4.69) is 10.3 Å². The first-order chi connectivity index (χ1) is 16.0. The largest absolute Gasteiger partial charge is 0.457 e. The lowest BCUT2D eigenvalue weighted by Gasteiger charge is -2.09. The van der Waals surface area contributed by atoms with E-state index in [-0.39, 0.29) is 11.3 Å². The van der Waals surface area contributed by atoms with Crippen molar-refractivity contribution in [2.75, 3.05) is 6.54 Å². The topological polar surface area (TPSA) is 82.5 Å². The van der Waals surface area contributed by atoms with E-state index < -0.39 is 31.6 Å². The molecule has 9 heteroatoms. The SMILES string of the molecule is O=C(CNC(=O)c1ccc(Oc2ccccc2)cc1)OCc1nc2ccccc2n1C(F)F. The number of halogens is 2. The third-order valence-corrected chi connectivity index (χ3v) is 4.71. The molecule has 4 rings (SSSR count). The third kappa shape index (κ3) is 5.32. The number of benzene rings is 3. The monoisotopic (exact) mass is 451 g/mol. The van der Waals surface area contributed by atoms with Crippen molar-refractivity contribution in [3.8, 4) is 11.5 Å². The zero-order chi connectivity index (χ0) is 23.2. The number of fused-ring (bicyclic) bond motifs is 1. The molecule has 0 spiro atoms. The third-order valence-electron chi connectivity index (χ3n) is 4.71. The first-order valence-corrected chi connectivity index (χ1v) is 10.0. The molecule has 1 heterocycles. The molecule has 3 aromatic carbocycles. The fourth-order valence-electron chi connectivity index (χ4n) is 3.16. The lowest BCUT2D eigenvalue weighted by molar-refractivity contribution is -0.144. The number of hydrogen-bond donors (Lipinski definition) is 1. The summed E-state index contributed by atoms with van der Waals surface area (Å²) in [6.45, 7) is -3.70. The van der Waals surface area contributed by atoms with Crippen LogP contribution in [0.2, 0.25) is 0 Å². The number of esters is 1. The van der Waals surface area contributed by atoms with Gasteiger partial charge in [0.05, 0.1) is 11.0 Å². The molecule has 1 aromatic heterocycles. The number of amides is 1. The lowest BCUT2D eigenvalue weighted by Crippen LogP contribution is -2.30. The van der Waals surface area contributed by atoms with Gasteiger partial charge >= 0.3 is 12.5 Å². The summed E-state index contributed by atoms with van der Waals surface area (Å²) in [5, 5.41) is 2.44. The summed E-state index contributed by atoms with van der Waals surface area (Å²) in [4.78, 5) is 28.4. The van der Waals surface area contributed by atoms with E-state index in [0.29, 0.717) is 27.1 Å². The molecule has 0 bridgehead atoms. The quantitative estimate of drug-likeness (QED) is 0.393. The van der Waals surface area contributed by atoms with Gasteiger partial charge in [-0.1, -0.05) is 30.3 Å². The van der Waals surface area contributed by atoms with Crippen molar-refractivity contribution in [3.63, 3.8) is 0 Å². The molecule has 0 aliphatic carbocycles. The van der Waals surface area contributed by atoms with E-state index in [9.17, 15) is 18.4 Å². The van der Waals surface area contributed by atoms with E-state index in [1.54, 1.807) is 42.5 Å². The Morgan fingerprint density at radius 2 is 1.58 bits per heavy atom. The van der Waals surface area contributed by atoms with Crippen molar-refractivity contribution in [1.82, 2.24) is 14.9 Å². The average molecular weight is 451 g/mol. The lowest BCUT2D eigenvalue weighted by atomic mass is 10.2. The second-order valence-electron chi connectivity index (χ2n) is 6.95. The van der Waals surface area contributed by atoms with Crippen LogP contribution in [-0.4, -0.2) is 28.0 Å². The van der Waals surface area contributed by atoms with Crippen molar-refractivity contribution in [2.45, 2.75) is 13.2 Å². The second kappa shape index (κ2) is 9.90. The normalized spacial score (nSPS) is 10.9. The number of hydrogen-bond acceptors (Lipinski definition) is 5. The Bertz CT molecular complexity index is 1260. The molecule has 0 saturated heterocycles. The van der Waals surface area contributed by atoms with Gasteiger partial charge in [0.25, 0.3) is 5.91 Å². The van der Waals surface area contributed by atoms with Crippen molar-refractivity contribution in [3.05, 3.63) is 90.3 Å². The number of imidazole rings is 1. The van der Waals surface area contributed by atoms with Crippen molar-refractivity contribution < 1.29 is 27.8 Å². The van der Waals surface area contributed by atoms with Crippen LogP contribution >= 0.6 is 0 Å². The maximum Gasteiger partial charge on any atom is 0.325 e. The molecule has 0 aliphatic rings. The van der Waals surface area contributed by atoms with Gasteiger partial charge in [0.1, 0.15) is 24.7 Å². The van der Waals surface area contributed by atoms with Crippen LogP contribution in [0.3, 0.4) is 0 Å². The van der Waals surface area contributed by atoms with Crippen LogP contribution in [0.4, 0.5) is 8.78 Å². The molecule has 0 unspecified atom stereocenters. The van der Waals surface area contributed by atoms with Crippen molar-refractivity contribution in [1.29, 1.82) is 0 Å². The first kappa shape index (κ1) is 21.9. The van der Waals surface area contributed by atoms with Crippen LogP contribution in [0.15, 0.2) is 78.9 Å². The highest BCUT2D eigenvalue weighted by Gasteiger charge is 2.19. The molecule has 168 valence electrons. The van der Waals surface area contributed by atoms with E-state index in [1.165, 1.54) is 6.07 Å². The van der Waals surface area contributed by atoms with E-state index in [0.717, 1.165) is 0 Å². The van der Waals surface area contributed by atoms with Gasteiger partial charge in [-0.25, -0.2) is 4.98 Å². The Kier molecular flexibility index (Phi) is 6.58. The van der Waals surface area contributed by atoms with E-state index >= 15 is 0 Å². The molecule has 33 heavy (non-hydrogen) atoms. The fraction of sp³-hybridized carbons (Fsp3) is 0.125. The van der Waals surface area contributed by atoms with Gasteiger partial charge in [0.15, 0.2) is 5.82 Å². The van der Waals surface area contributed by atoms with Crippen LogP contribution in [-0.2, 0) is 16.1 Å². The number of nitrogens with one attached hydrogen (secondary N) is 1. The summed E-state index contributed by atoms with van der Waals surface area (Å²) in [7, 11) is 0. The Morgan fingerprint density at radius 1 is 0.909 bits per heavy atom. The van der Waals surface area contributed by atoms with E-state index in [4.69, 9.17) is 9.47 Å². The van der Waals surface area contributed by atoms with Gasteiger partial charge in [0, 0.05) is 5.56 Å². The predicted octanol–water partition coefficient (Wildman–Crippen LogP) is 4.70. The number of ether oxygens (including phenoxy) is 2. The number of rotatable bonds is 8. The molecule has 4 aromatic rings. The molecule has 0 saturated carbocycles. The predicted molar refractivity (Wildman–Crippen MR) is 116 cm³/mol. The molecule has 0 fully saturated rings. The number of aromatic nitrogens is 2. The maximum absolute atomic E-state index is 13.4. The Morgan fingerprint density at radius 3 is 2.30 bits per heavy atom. The molecule has 0 radical (unpaired) electrons. The number of alkyl halides is 2. The second-order valence-corrected chi connectivity index (χ2v) is 6.95. The number of nitrogens with zero attached hydrogens (tertiary/aromatic N) is 2. The average Bonchev–Trinajstić information content (AvgIpc) is 3.21. The summed E-state index contributed by atoms with van der Waals surface area (Å²) in [6.07, 6.45) is 0. The molecular weight excluding hydrogens is 432 g/mol.